The van der Waals surface area contributed by atoms with E-state index in [0.29, 0.717) is 12.1 Å². The summed E-state index contributed by atoms with van der Waals surface area (Å²) in [6, 6.07) is 25.8. The van der Waals surface area contributed by atoms with Crippen molar-refractivity contribution in [3.05, 3.63) is 96.1 Å². The van der Waals surface area contributed by atoms with Gasteiger partial charge in [-0.3, -0.25) is 13.8 Å². The third-order valence-corrected chi connectivity index (χ3v) is 8.65. The zero-order valence-corrected chi connectivity index (χ0v) is 26.8. The zero-order chi connectivity index (χ0) is 30.4. The fourth-order valence-electron chi connectivity index (χ4n) is 4.83. The molecule has 0 aliphatic heterocycles. The van der Waals surface area contributed by atoms with Gasteiger partial charge in [-0.1, -0.05) is 157 Å². The molecule has 0 radical (unpaired) electrons. The van der Waals surface area contributed by atoms with Crippen LogP contribution in [0.15, 0.2) is 84.9 Å². The van der Waals surface area contributed by atoms with Gasteiger partial charge in [-0.25, -0.2) is 4.57 Å². The number of amides is 1. The van der Waals surface area contributed by atoms with E-state index in [9.17, 15) is 9.36 Å². The lowest BCUT2D eigenvalue weighted by molar-refractivity contribution is -0.116. The van der Waals surface area contributed by atoms with E-state index < -0.39 is 7.82 Å². The predicted octanol–water partition coefficient (Wildman–Crippen LogP) is 11.0. The summed E-state index contributed by atoms with van der Waals surface area (Å²) in [5, 5.41) is 2.93. The normalized spacial score (nSPS) is 11.4. The van der Waals surface area contributed by atoms with Crippen LogP contribution in [0.2, 0.25) is 0 Å². The maximum atomic E-state index is 13.8. The number of benzene rings is 3. The van der Waals surface area contributed by atoms with Crippen molar-refractivity contribution in [1.29, 1.82) is 0 Å². The van der Waals surface area contributed by atoms with Gasteiger partial charge in [-0.2, -0.15) is 0 Å². The highest BCUT2D eigenvalue weighted by Crippen LogP contribution is 2.52. The number of carbonyl (C=O) groups excluding carboxylic acids is 1. The van der Waals surface area contributed by atoms with Crippen LogP contribution in [0.3, 0.4) is 0 Å². The summed E-state index contributed by atoms with van der Waals surface area (Å²) in [5.74, 6) is 0.148. The largest absolute Gasteiger partial charge is 0.530 e. The molecule has 0 atom stereocenters. The van der Waals surface area contributed by atoms with Crippen molar-refractivity contribution in [1.82, 2.24) is 0 Å². The summed E-state index contributed by atoms with van der Waals surface area (Å²) in [7, 11) is -4.04. The summed E-state index contributed by atoms with van der Waals surface area (Å²) in [5.41, 5.74) is 2.12. The van der Waals surface area contributed by atoms with Crippen LogP contribution >= 0.6 is 7.82 Å². The second kappa shape index (κ2) is 20.9. The molecule has 7 heteroatoms. The quantitative estimate of drug-likeness (QED) is 0.0857. The Balaban J connectivity index is 1.43. The molecule has 3 aromatic carbocycles. The lowest BCUT2D eigenvalue weighted by Gasteiger charge is -2.20. The number of phosphoric acid groups is 1. The lowest BCUT2D eigenvalue weighted by atomic mass is 10.0. The standard InChI is InChI=1S/C36H50NO5P/c1-2-3-4-5-6-7-8-9-10-11-12-13-20-29-36(38)37-34-27-21-22-28-35(34)42-43(39,40-30-32-23-16-14-17-24-32)41-31-33-25-18-15-19-26-33/h14-19,21-28H,2-13,20,29-31H2,1H3,(H,37,38). The molecule has 0 fully saturated rings. The van der Waals surface area contributed by atoms with Crippen molar-refractivity contribution in [2.24, 2.45) is 0 Å². The molecule has 0 saturated carbocycles. The van der Waals surface area contributed by atoms with Crippen LogP contribution in [0.25, 0.3) is 0 Å². The van der Waals surface area contributed by atoms with Crippen LogP contribution in [0, 0.1) is 0 Å². The van der Waals surface area contributed by atoms with E-state index in [1.165, 1.54) is 64.2 Å². The second-order valence-electron chi connectivity index (χ2n) is 11.1. The molecule has 0 aromatic heterocycles. The first-order valence-electron chi connectivity index (χ1n) is 16.1. The molecule has 0 bridgehead atoms. The van der Waals surface area contributed by atoms with E-state index in [0.717, 1.165) is 30.4 Å². The highest BCUT2D eigenvalue weighted by atomic mass is 31.2. The zero-order valence-electron chi connectivity index (χ0n) is 25.9. The molecule has 0 spiro atoms. The maximum absolute atomic E-state index is 13.8. The van der Waals surface area contributed by atoms with Gasteiger partial charge in [-0.15, -0.1) is 0 Å². The topological polar surface area (TPSA) is 73.9 Å². The molecular weight excluding hydrogens is 557 g/mol. The van der Waals surface area contributed by atoms with Crippen LogP contribution in [0.4, 0.5) is 5.69 Å². The minimum Gasteiger partial charge on any atom is -0.402 e. The van der Waals surface area contributed by atoms with Crippen LogP contribution in [-0.4, -0.2) is 5.91 Å². The van der Waals surface area contributed by atoms with Gasteiger partial charge >= 0.3 is 7.82 Å². The first-order valence-corrected chi connectivity index (χ1v) is 17.6. The van der Waals surface area contributed by atoms with E-state index in [2.05, 4.69) is 12.2 Å². The Labute approximate surface area is 259 Å². The van der Waals surface area contributed by atoms with Gasteiger partial charge in [0.2, 0.25) is 5.91 Å². The fraction of sp³-hybridized carbons (Fsp3) is 0.472. The number of unbranched alkanes of at least 4 members (excludes halogenated alkanes) is 12. The molecule has 234 valence electrons. The van der Waals surface area contributed by atoms with Gasteiger partial charge in [0.1, 0.15) is 0 Å². The smallest absolute Gasteiger partial charge is 0.402 e. The molecule has 0 saturated heterocycles. The van der Waals surface area contributed by atoms with Gasteiger partial charge in [0.15, 0.2) is 5.75 Å². The number of hydrogen-bond donors (Lipinski definition) is 1. The molecule has 1 N–H and O–H groups in total. The van der Waals surface area contributed by atoms with Crippen molar-refractivity contribution < 1.29 is 22.9 Å². The number of para-hydroxylation sites is 2. The number of rotatable bonds is 23. The molecule has 0 heterocycles. The van der Waals surface area contributed by atoms with Gasteiger partial charge in [0.05, 0.1) is 18.9 Å². The second-order valence-corrected chi connectivity index (χ2v) is 12.7. The summed E-state index contributed by atoms with van der Waals surface area (Å²) < 4.78 is 31.2. The number of nitrogens with one attached hydrogen (secondary N) is 1. The van der Waals surface area contributed by atoms with Crippen molar-refractivity contribution in [2.75, 3.05) is 5.32 Å². The van der Waals surface area contributed by atoms with Gasteiger partial charge in [-0.05, 0) is 29.7 Å². The minimum absolute atomic E-state index is 0.0560. The molecule has 43 heavy (non-hydrogen) atoms. The molecule has 3 rings (SSSR count). The van der Waals surface area contributed by atoms with Crippen LogP contribution in [0.5, 0.6) is 5.75 Å². The minimum atomic E-state index is -4.04. The Morgan fingerprint density at radius 2 is 1.05 bits per heavy atom. The SMILES string of the molecule is CCCCCCCCCCCCCCCC(=O)Nc1ccccc1OP(=O)(OCc1ccccc1)OCc1ccccc1. The Bertz CT molecular complexity index is 1160. The average Bonchev–Trinajstić information content (AvgIpc) is 3.03. The first-order chi connectivity index (χ1) is 21.1. The number of hydrogen-bond acceptors (Lipinski definition) is 5. The molecule has 1 amide bonds. The third-order valence-electron chi connectivity index (χ3n) is 7.34. The number of carbonyl (C=O) groups is 1. The van der Waals surface area contributed by atoms with Crippen LogP contribution in [0.1, 0.15) is 108 Å². The van der Waals surface area contributed by atoms with E-state index in [1.54, 1.807) is 24.3 Å². The lowest BCUT2D eigenvalue weighted by Crippen LogP contribution is -2.12. The molecule has 0 unspecified atom stereocenters. The Kier molecular flexibility index (Phi) is 16.8. The molecule has 0 aliphatic carbocycles. The van der Waals surface area contributed by atoms with Gasteiger partial charge in [0, 0.05) is 6.42 Å². The van der Waals surface area contributed by atoms with Crippen molar-refractivity contribution >= 4 is 19.4 Å². The summed E-state index contributed by atoms with van der Waals surface area (Å²) in [4.78, 5) is 12.8. The van der Waals surface area contributed by atoms with Crippen LogP contribution < -0.4 is 9.84 Å². The average molecular weight is 608 g/mol. The molecule has 6 nitrogen and oxygen atoms in total. The van der Waals surface area contributed by atoms with Crippen molar-refractivity contribution in [2.45, 2.75) is 110 Å². The molecular formula is C36H50NO5P. The van der Waals surface area contributed by atoms with E-state index in [-0.39, 0.29) is 24.9 Å². The first kappa shape index (κ1) is 34.6. The van der Waals surface area contributed by atoms with Gasteiger partial charge in [0.25, 0.3) is 0 Å². The van der Waals surface area contributed by atoms with Crippen molar-refractivity contribution in [3.8, 4) is 5.75 Å². The van der Waals surface area contributed by atoms with Crippen LogP contribution in [-0.2, 0) is 31.6 Å². The van der Waals surface area contributed by atoms with E-state index in [4.69, 9.17) is 13.6 Å². The van der Waals surface area contributed by atoms with E-state index >= 15 is 0 Å². The Hall–Kier alpha value is -2.92. The Morgan fingerprint density at radius 1 is 0.605 bits per heavy atom. The predicted molar refractivity (Wildman–Crippen MR) is 176 cm³/mol. The van der Waals surface area contributed by atoms with Crippen molar-refractivity contribution in [3.63, 3.8) is 0 Å². The maximum Gasteiger partial charge on any atom is 0.530 e. The highest BCUT2D eigenvalue weighted by molar-refractivity contribution is 7.48. The summed E-state index contributed by atoms with van der Waals surface area (Å²) in [6.45, 7) is 2.37. The number of phosphoric ester groups is 1. The molecule has 0 aliphatic rings. The fourth-order valence-corrected chi connectivity index (χ4v) is 6.03. The summed E-state index contributed by atoms with van der Waals surface area (Å²) in [6.07, 6.45) is 16.8. The third kappa shape index (κ3) is 14.9. The summed E-state index contributed by atoms with van der Waals surface area (Å²) >= 11 is 0. The molecule has 3 aromatic rings. The highest BCUT2D eigenvalue weighted by Gasteiger charge is 2.30. The van der Waals surface area contributed by atoms with Gasteiger partial charge < -0.3 is 9.84 Å². The number of anilines is 1. The van der Waals surface area contributed by atoms with E-state index in [1.807, 2.05) is 60.7 Å². The Morgan fingerprint density at radius 3 is 1.56 bits per heavy atom. The monoisotopic (exact) mass is 607 g/mol.